The van der Waals surface area contributed by atoms with Gasteiger partial charge in [0.25, 0.3) is 0 Å². The highest BCUT2D eigenvalue weighted by Gasteiger charge is 2.44. The predicted molar refractivity (Wildman–Crippen MR) is 50.2 cm³/mol. The second-order valence-electron chi connectivity index (χ2n) is 4.74. The van der Waals surface area contributed by atoms with Crippen LogP contribution in [0.4, 0.5) is 0 Å². The molecule has 0 amide bonds. The Labute approximate surface area is 79.4 Å². The summed E-state index contributed by atoms with van der Waals surface area (Å²) in [6.45, 7) is 5.64. The highest BCUT2D eigenvalue weighted by atomic mass is 16.4. The molecule has 3 heteroatoms. The first kappa shape index (κ1) is 11.0. The average molecular weight is 188 g/mol. The van der Waals surface area contributed by atoms with E-state index in [1.165, 1.54) is 0 Å². The quantitative estimate of drug-likeness (QED) is 0.562. The molecule has 0 spiro atoms. The molecule has 0 aliphatic heterocycles. The number of aliphatic hydroxyl groups is 3. The monoisotopic (exact) mass is 188 g/mol. The topological polar surface area (TPSA) is 60.7 Å². The predicted octanol–water partition coefficient (Wildman–Crippen LogP) is 0.525. The van der Waals surface area contributed by atoms with E-state index in [9.17, 15) is 15.3 Å². The Balaban J connectivity index is 2.70. The van der Waals surface area contributed by atoms with E-state index in [0.717, 1.165) is 6.42 Å². The van der Waals surface area contributed by atoms with Crippen LogP contribution in [0.15, 0.2) is 0 Å². The number of aliphatic hydroxyl groups excluding tert-OH is 2. The third-order valence-electron chi connectivity index (χ3n) is 3.24. The molecule has 1 rings (SSSR count). The fraction of sp³-hybridized carbons (Fsp3) is 1.00. The lowest BCUT2D eigenvalue weighted by Gasteiger charge is -2.43. The highest BCUT2D eigenvalue weighted by molar-refractivity contribution is 4.95. The standard InChI is InChI=1S/C10H20O3/c1-6(2)7-4-5-10(3,13)9(12)8(7)11/h6-9,11-13H,4-5H2,1-3H3. The van der Waals surface area contributed by atoms with Crippen molar-refractivity contribution in [1.82, 2.24) is 0 Å². The molecule has 0 aromatic heterocycles. The second-order valence-corrected chi connectivity index (χ2v) is 4.74. The highest BCUT2D eigenvalue weighted by Crippen LogP contribution is 2.35. The molecule has 0 bridgehead atoms. The van der Waals surface area contributed by atoms with Gasteiger partial charge in [-0.2, -0.15) is 0 Å². The van der Waals surface area contributed by atoms with Crippen LogP contribution in [0.5, 0.6) is 0 Å². The van der Waals surface area contributed by atoms with Crippen molar-refractivity contribution in [3.8, 4) is 0 Å². The summed E-state index contributed by atoms with van der Waals surface area (Å²) >= 11 is 0. The van der Waals surface area contributed by atoms with Gasteiger partial charge in [-0.3, -0.25) is 0 Å². The van der Waals surface area contributed by atoms with Crippen molar-refractivity contribution in [1.29, 1.82) is 0 Å². The molecule has 1 saturated carbocycles. The molecule has 4 unspecified atom stereocenters. The first-order chi connectivity index (χ1) is 5.86. The molecular formula is C10H20O3. The Kier molecular flexibility index (Phi) is 3.00. The lowest BCUT2D eigenvalue weighted by molar-refractivity contribution is -0.166. The molecule has 0 aromatic rings. The van der Waals surface area contributed by atoms with E-state index in [2.05, 4.69) is 0 Å². The first-order valence-electron chi connectivity index (χ1n) is 4.95. The third-order valence-corrected chi connectivity index (χ3v) is 3.24. The van der Waals surface area contributed by atoms with Gasteiger partial charge < -0.3 is 15.3 Å². The van der Waals surface area contributed by atoms with Crippen LogP contribution in [0, 0.1) is 11.8 Å². The fourth-order valence-electron chi connectivity index (χ4n) is 2.11. The summed E-state index contributed by atoms with van der Waals surface area (Å²) in [7, 11) is 0. The molecule has 1 aliphatic carbocycles. The van der Waals surface area contributed by atoms with Crippen molar-refractivity contribution in [2.75, 3.05) is 0 Å². The molecule has 0 heterocycles. The Bertz CT molecular complexity index is 175. The Hall–Kier alpha value is -0.120. The van der Waals surface area contributed by atoms with Crippen LogP contribution < -0.4 is 0 Å². The molecule has 3 N–H and O–H groups in total. The largest absolute Gasteiger partial charge is 0.390 e. The molecule has 0 radical (unpaired) electrons. The van der Waals surface area contributed by atoms with Crippen LogP contribution in [0.25, 0.3) is 0 Å². The van der Waals surface area contributed by atoms with Gasteiger partial charge in [0, 0.05) is 0 Å². The molecule has 4 atom stereocenters. The van der Waals surface area contributed by atoms with Crippen molar-refractivity contribution < 1.29 is 15.3 Å². The normalized spacial score (nSPS) is 46.8. The van der Waals surface area contributed by atoms with Gasteiger partial charge in [-0.25, -0.2) is 0 Å². The second kappa shape index (κ2) is 3.56. The molecule has 78 valence electrons. The SMILES string of the molecule is CC(C)C1CCC(C)(O)C(O)C1O. The Morgan fingerprint density at radius 2 is 1.85 bits per heavy atom. The van der Waals surface area contributed by atoms with Crippen LogP contribution in [0.3, 0.4) is 0 Å². The maximum Gasteiger partial charge on any atom is 0.108 e. The molecule has 1 fully saturated rings. The summed E-state index contributed by atoms with van der Waals surface area (Å²) in [5.41, 5.74) is -1.12. The summed E-state index contributed by atoms with van der Waals surface area (Å²) in [5, 5.41) is 29.1. The summed E-state index contributed by atoms with van der Waals surface area (Å²) < 4.78 is 0. The van der Waals surface area contributed by atoms with Crippen molar-refractivity contribution >= 4 is 0 Å². The molecule has 13 heavy (non-hydrogen) atoms. The number of hydrogen-bond donors (Lipinski definition) is 3. The molecule has 1 aliphatic rings. The van der Waals surface area contributed by atoms with Gasteiger partial charge in [0.1, 0.15) is 6.10 Å². The minimum Gasteiger partial charge on any atom is -0.390 e. The van der Waals surface area contributed by atoms with E-state index in [0.29, 0.717) is 12.3 Å². The van der Waals surface area contributed by atoms with Crippen molar-refractivity contribution in [3.63, 3.8) is 0 Å². The lowest BCUT2D eigenvalue weighted by atomic mass is 9.71. The van der Waals surface area contributed by atoms with Crippen LogP contribution in [-0.4, -0.2) is 33.1 Å². The molecule has 3 nitrogen and oxygen atoms in total. The van der Waals surface area contributed by atoms with Crippen molar-refractivity contribution in [2.24, 2.45) is 11.8 Å². The van der Waals surface area contributed by atoms with Gasteiger partial charge in [0.05, 0.1) is 11.7 Å². The molecule has 0 aromatic carbocycles. The van der Waals surface area contributed by atoms with Crippen LogP contribution >= 0.6 is 0 Å². The van der Waals surface area contributed by atoms with Crippen LogP contribution in [0.2, 0.25) is 0 Å². The van der Waals surface area contributed by atoms with Crippen molar-refractivity contribution in [3.05, 3.63) is 0 Å². The van der Waals surface area contributed by atoms with Gasteiger partial charge >= 0.3 is 0 Å². The Morgan fingerprint density at radius 1 is 1.31 bits per heavy atom. The van der Waals surface area contributed by atoms with E-state index >= 15 is 0 Å². The Morgan fingerprint density at radius 3 is 2.31 bits per heavy atom. The van der Waals surface area contributed by atoms with Gasteiger partial charge in [-0.1, -0.05) is 13.8 Å². The summed E-state index contributed by atoms with van der Waals surface area (Å²) in [5.74, 6) is 0.455. The van der Waals surface area contributed by atoms with Gasteiger partial charge in [0.15, 0.2) is 0 Å². The van der Waals surface area contributed by atoms with E-state index < -0.39 is 17.8 Å². The molecular weight excluding hydrogens is 168 g/mol. The minimum atomic E-state index is -1.12. The number of rotatable bonds is 1. The zero-order chi connectivity index (χ0) is 10.2. The minimum absolute atomic E-state index is 0.107. The van der Waals surface area contributed by atoms with Gasteiger partial charge in [0.2, 0.25) is 0 Å². The third kappa shape index (κ3) is 2.03. The fourth-order valence-corrected chi connectivity index (χ4v) is 2.11. The maximum absolute atomic E-state index is 9.73. The zero-order valence-corrected chi connectivity index (χ0v) is 8.57. The van der Waals surface area contributed by atoms with Crippen molar-refractivity contribution in [2.45, 2.75) is 51.4 Å². The van der Waals surface area contributed by atoms with E-state index in [-0.39, 0.29) is 5.92 Å². The summed E-state index contributed by atoms with van der Waals surface area (Å²) in [6, 6.07) is 0. The average Bonchev–Trinajstić information content (AvgIpc) is 2.00. The van der Waals surface area contributed by atoms with E-state index in [1.54, 1.807) is 6.92 Å². The smallest absolute Gasteiger partial charge is 0.108 e. The molecule has 0 saturated heterocycles. The number of hydrogen-bond acceptors (Lipinski definition) is 3. The van der Waals surface area contributed by atoms with Gasteiger partial charge in [-0.15, -0.1) is 0 Å². The van der Waals surface area contributed by atoms with Crippen LogP contribution in [0.1, 0.15) is 33.6 Å². The van der Waals surface area contributed by atoms with Crippen LogP contribution in [-0.2, 0) is 0 Å². The zero-order valence-electron chi connectivity index (χ0n) is 8.57. The van der Waals surface area contributed by atoms with E-state index in [1.807, 2.05) is 13.8 Å². The van der Waals surface area contributed by atoms with Gasteiger partial charge in [-0.05, 0) is 31.6 Å². The lowest BCUT2D eigenvalue weighted by Crippen LogP contribution is -2.54. The van der Waals surface area contributed by atoms with E-state index in [4.69, 9.17) is 0 Å². The maximum atomic E-state index is 9.73. The first-order valence-corrected chi connectivity index (χ1v) is 4.95. The summed E-state index contributed by atoms with van der Waals surface area (Å²) in [6.07, 6.45) is -0.450. The summed E-state index contributed by atoms with van der Waals surface area (Å²) in [4.78, 5) is 0.